The van der Waals surface area contributed by atoms with Crippen molar-refractivity contribution < 1.29 is 9.53 Å². The Hall–Kier alpha value is -2.60. The second-order valence-electron chi connectivity index (χ2n) is 6.48. The number of nitrogens with zero attached hydrogens (tertiary/aromatic N) is 3. The third kappa shape index (κ3) is 4.14. The van der Waals surface area contributed by atoms with Crippen molar-refractivity contribution in [2.75, 3.05) is 50.1 Å². The Morgan fingerprint density at radius 2 is 1.96 bits per heavy atom. The molecule has 1 aromatic heterocycles. The van der Waals surface area contributed by atoms with Gasteiger partial charge in [-0.05, 0) is 43.3 Å². The zero-order valence-electron chi connectivity index (χ0n) is 15.7. The fourth-order valence-electron chi connectivity index (χ4n) is 3.14. The zero-order valence-corrected chi connectivity index (χ0v) is 15.7. The lowest BCUT2D eigenvalue weighted by molar-refractivity contribution is 0.102. The number of aromatic nitrogens is 1. The molecule has 0 aliphatic carbocycles. The molecule has 0 bridgehead atoms. The fourth-order valence-corrected chi connectivity index (χ4v) is 3.14. The zero-order chi connectivity index (χ0) is 18.5. The standard InChI is InChI=1S/C20H26N4O2/c1-4-23-9-11-24(12-10-23)16-6-7-17(21-14-16)20(25)22-18-13-15(2)5-8-19(18)26-3/h5-8,13-14H,4,9-12H2,1-3H3,(H,22,25). The molecule has 1 aliphatic rings. The smallest absolute Gasteiger partial charge is 0.274 e. The van der Waals surface area contributed by atoms with E-state index < -0.39 is 0 Å². The van der Waals surface area contributed by atoms with Crippen LogP contribution < -0.4 is 15.0 Å². The lowest BCUT2D eigenvalue weighted by Crippen LogP contribution is -2.46. The number of methoxy groups -OCH3 is 1. The van der Waals surface area contributed by atoms with E-state index in [0.717, 1.165) is 44.0 Å². The van der Waals surface area contributed by atoms with Crippen molar-refractivity contribution in [3.05, 3.63) is 47.8 Å². The molecule has 6 nitrogen and oxygen atoms in total. The van der Waals surface area contributed by atoms with Crippen molar-refractivity contribution in [2.24, 2.45) is 0 Å². The maximum atomic E-state index is 12.5. The number of amides is 1. The number of benzene rings is 1. The summed E-state index contributed by atoms with van der Waals surface area (Å²) in [5.74, 6) is 0.394. The maximum absolute atomic E-state index is 12.5. The van der Waals surface area contributed by atoms with Crippen LogP contribution in [0.5, 0.6) is 5.75 Å². The van der Waals surface area contributed by atoms with Crippen LogP contribution in [0.3, 0.4) is 0 Å². The Morgan fingerprint density at radius 1 is 1.19 bits per heavy atom. The second kappa shape index (κ2) is 8.19. The summed E-state index contributed by atoms with van der Waals surface area (Å²) in [6, 6.07) is 9.42. The van der Waals surface area contributed by atoms with Crippen LogP contribution in [0.15, 0.2) is 36.5 Å². The Balaban J connectivity index is 1.67. The molecule has 0 radical (unpaired) electrons. The predicted molar refractivity (Wildman–Crippen MR) is 104 cm³/mol. The van der Waals surface area contributed by atoms with Gasteiger partial charge in [-0.3, -0.25) is 4.79 Å². The minimum Gasteiger partial charge on any atom is -0.495 e. The predicted octanol–water partition coefficient (Wildman–Crippen LogP) is 2.79. The highest BCUT2D eigenvalue weighted by atomic mass is 16.5. The van der Waals surface area contributed by atoms with Gasteiger partial charge in [-0.15, -0.1) is 0 Å². The third-order valence-electron chi connectivity index (χ3n) is 4.77. The number of aryl methyl sites for hydroxylation is 1. The number of rotatable bonds is 5. The van der Waals surface area contributed by atoms with Gasteiger partial charge in [-0.25, -0.2) is 4.98 Å². The normalized spacial score (nSPS) is 15.0. The average Bonchev–Trinajstić information content (AvgIpc) is 2.68. The first-order valence-electron chi connectivity index (χ1n) is 9.00. The number of carbonyl (C=O) groups excluding carboxylic acids is 1. The van der Waals surface area contributed by atoms with Crippen LogP contribution >= 0.6 is 0 Å². The van der Waals surface area contributed by atoms with Gasteiger partial charge in [0.25, 0.3) is 5.91 Å². The van der Waals surface area contributed by atoms with Gasteiger partial charge < -0.3 is 19.9 Å². The number of anilines is 2. The Bertz CT molecular complexity index is 753. The van der Waals surface area contributed by atoms with Gasteiger partial charge in [0.1, 0.15) is 11.4 Å². The first kappa shape index (κ1) is 18.2. The van der Waals surface area contributed by atoms with Crippen molar-refractivity contribution in [1.29, 1.82) is 0 Å². The Morgan fingerprint density at radius 3 is 2.58 bits per heavy atom. The summed E-state index contributed by atoms with van der Waals surface area (Å²) in [4.78, 5) is 21.6. The van der Waals surface area contributed by atoms with E-state index in [-0.39, 0.29) is 5.91 Å². The van der Waals surface area contributed by atoms with Gasteiger partial charge in [-0.1, -0.05) is 13.0 Å². The molecule has 2 heterocycles. The van der Waals surface area contributed by atoms with E-state index >= 15 is 0 Å². The number of piperazine rings is 1. The molecule has 1 amide bonds. The van der Waals surface area contributed by atoms with Gasteiger partial charge in [0.2, 0.25) is 0 Å². The fraction of sp³-hybridized carbons (Fsp3) is 0.400. The average molecular weight is 354 g/mol. The van der Waals surface area contributed by atoms with Crippen LogP contribution in [0.4, 0.5) is 11.4 Å². The number of pyridine rings is 1. The topological polar surface area (TPSA) is 57.7 Å². The highest BCUT2D eigenvalue weighted by Gasteiger charge is 2.17. The van der Waals surface area contributed by atoms with E-state index in [1.807, 2.05) is 31.2 Å². The van der Waals surface area contributed by atoms with Crippen LogP contribution in [0.1, 0.15) is 23.0 Å². The molecule has 0 atom stereocenters. The molecule has 1 aromatic carbocycles. The largest absolute Gasteiger partial charge is 0.495 e. The molecule has 1 aliphatic heterocycles. The highest BCUT2D eigenvalue weighted by molar-refractivity contribution is 6.03. The van der Waals surface area contributed by atoms with Crippen LogP contribution in [0, 0.1) is 6.92 Å². The minimum atomic E-state index is -0.240. The molecule has 1 fully saturated rings. The molecular weight excluding hydrogens is 328 g/mol. The van der Waals surface area contributed by atoms with Gasteiger partial charge in [0, 0.05) is 26.2 Å². The van der Waals surface area contributed by atoms with Gasteiger partial charge >= 0.3 is 0 Å². The molecule has 0 spiro atoms. The summed E-state index contributed by atoms with van der Waals surface area (Å²) in [7, 11) is 1.59. The second-order valence-corrected chi connectivity index (χ2v) is 6.48. The summed E-state index contributed by atoms with van der Waals surface area (Å²) in [5.41, 5.74) is 3.16. The van der Waals surface area contributed by atoms with Gasteiger partial charge in [-0.2, -0.15) is 0 Å². The van der Waals surface area contributed by atoms with Crippen molar-refractivity contribution in [1.82, 2.24) is 9.88 Å². The van der Waals surface area contributed by atoms with Crippen LogP contribution in [0.2, 0.25) is 0 Å². The van der Waals surface area contributed by atoms with Gasteiger partial charge in [0.05, 0.1) is 24.7 Å². The SMILES string of the molecule is CCN1CCN(c2ccc(C(=O)Nc3cc(C)ccc3OC)nc2)CC1. The van der Waals surface area contributed by atoms with Gasteiger partial charge in [0.15, 0.2) is 0 Å². The summed E-state index contributed by atoms with van der Waals surface area (Å²) < 4.78 is 5.31. The lowest BCUT2D eigenvalue weighted by atomic mass is 10.2. The molecule has 1 saturated heterocycles. The van der Waals surface area contributed by atoms with E-state index in [2.05, 4.69) is 27.0 Å². The number of ether oxygens (including phenoxy) is 1. The van der Waals surface area contributed by atoms with Crippen LogP contribution in [-0.4, -0.2) is 55.6 Å². The molecule has 26 heavy (non-hydrogen) atoms. The molecular formula is C20H26N4O2. The van der Waals surface area contributed by atoms with Crippen LogP contribution in [-0.2, 0) is 0 Å². The molecule has 138 valence electrons. The van der Waals surface area contributed by atoms with Crippen molar-refractivity contribution in [2.45, 2.75) is 13.8 Å². The van der Waals surface area contributed by atoms with Crippen molar-refractivity contribution in [3.63, 3.8) is 0 Å². The number of hydrogen-bond acceptors (Lipinski definition) is 5. The third-order valence-corrected chi connectivity index (χ3v) is 4.77. The first-order chi connectivity index (χ1) is 12.6. The maximum Gasteiger partial charge on any atom is 0.274 e. The Labute approximate surface area is 154 Å². The minimum absolute atomic E-state index is 0.240. The molecule has 6 heteroatoms. The van der Waals surface area contributed by atoms with E-state index in [0.29, 0.717) is 17.1 Å². The van der Waals surface area contributed by atoms with E-state index in [1.165, 1.54) is 0 Å². The Kier molecular flexibility index (Phi) is 5.73. The summed E-state index contributed by atoms with van der Waals surface area (Å²) in [6.45, 7) is 9.35. The molecule has 2 aromatic rings. The number of likely N-dealkylation sites (N-methyl/N-ethyl adjacent to an activating group) is 1. The molecule has 1 N–H and O–H groups in total. The van der Waals surface area contributed by atoms with Crippen LogP contribution in [0.25, 0.3) is 0 Å². The first-order valence-corrected chi connectivity index (χ1v) is 9.00. The van der Waals surface area contributed by atoms with Crippen molar-refractivity contribution >= 4 is 17.3 Å². The summed E-state index contributed by atoms with van der Waals surface area (Å²) >= 11 is 0. The molecule has 0 unspecified atom stereocenters. The molecule has 0 saturated carbocycles. The number of nitrogens with one attached hydrogen (secondary N) is 1. The van der Waals surface area contributed by atoms with Crippen molar-refractivity contribution in [3.8, 4) is 5.75 Å². The number of carbonyl (C=O) groups is 1. The van der Waals surface area contributed by atoms with E-state index in [4.69, 9.17) is 4.74 Å². The van der Waals surface area contributed by atoms with E-state index in [9.17, 15) is 4.79 Å². The summed E-state index contributed by atoms with van der Waals surface area (Å²) in [5, 5.41) is 2.88. The lowest BCUT2D eigenvalue weighted by Gasteiger charge is -2.35. The molecule has 3 rings (SSSR count). The highest BCUT2D eigenvalue weighted by Crippen LogP contribution is 2.25. The van der Waals surface area contributed by atoms with E-state index in [1.54, 1.807) is 19.4 Å². The summed E-state index contributed by atoms with van der Waals surface area (Å²) in [6.07, 6.45) is 1.78. The monoisotopic (exact) mass is 354 g/mol. The number of hydrogen-bond donors (Lipinski definition) is 1. The quantitative estimate of drug-likeness (QED) is 0.895.